The fourth-order valence-corrected chi connectivity index (χ4v) is 1.81. The molecule has 17 heavy (non-hydrogen) atoms. The Bertz CT molecular complexity index is 418. The lowest BCUT2D eigenvalue weighted by atomic mass is 10.2. The molecule has 90 valence electrons. The molecule has 0 radical (unpaired) electrons. The molecule has 0 aromatic heterocycles. The lowest BCUT2D eigenvalue weighted by Crippen LogP contribution is -2.42. The topological polar surface area (TPSA) is 41.6 Å². The Morgan fingerprint density at radius 2 is 2.35 bits per heavy atom. The molecule has 0 aliphatic carbocycles. The number of anilines is 1. The molecule has 0 bridgehead atoms. The van der Waals surface area contributed by atoms with Crippen LogP contribution < -0.4 is 15.0 Å². The zero-order valence-corrected chi connectivity index (χ0v) is 9.69. The largest absolute Gasteiger partial charge is 0.490 e. The number of nitrogens with one attached hydrogen (secondary N) is 1. The Hall–Kier alpha value is -1.81. The summed E-state index contributed by atoms with van der Waals surface area (Å²) in [5.41, 5.74) is 0.851. The van der Waals surface area contributed by atoms with Gasteiger partial charge >= 0.3 is 0 Å². The van der Waals surface area contributed by atoms with E-state index in [1.165, 1.54) is 0 Å². The van der Waals surface area contributed by atoms with Gasteiger partial charge in [-0.2, -0.15) is 0 Å². The van der Waals surface area contributed by atoms with Gasteiger partial charge in [0.1, 0.15) is 12.4 Å². The van der Waals surface area contributed by atoms with Crippen molar-refractivity contribution in [2.75, 3.05) is 31.1 Å². The van der Waals surface area contributed by atoms with Crippen LogP contribution in [0, 0.1) is 0 Å². The van der Waals surface area contributed by atoms with Gasteiger partial charge < -0.3 is 15.0 Å². The van der Waals surface area contributed by atoms with Crippen molar-refractivity contribution in [3.05, 3.63) is 36.9 Å². The number of amides is 1. The molecule has 0 fully saturated rings. The van der Waals surface area contributed by atoms with Gasteiger partial charge in [0.25, 0.3) is 0 Å². The molecular formula is C13H16N2O2. The summed E-state index contributed by atoms with van der Waals surface area (Å²) in [5, 5.41) is 3.01. The summed E-state index contributed by atoms with van der Waals surface area (Å²) in [7, 11) is 0. The van der Waals surface area contributed by atoms with Crippen LogP contribution in [0.25, 0.3) is 0 Å². The van der Waals surface area contributed by atoms with Crippen LogP contribution in [0.5, 0.6) is 5.75 Å². The van der Waals surface area contributed by atoms with E-state index in [1.807, 2.05) is 24.3 Å². The first-order valence-corrected chi connectivity index (χ1v) is 5.66. The number of hydrogen-bond acceptors (Lipinski definition) is 3. The second-order valence-corrected chi connectivity index (χ2v) is 3.78. The van der Waals surface area contributed by atoms with Crippen molar-refractivity contribution in [3.63, 3.8) is 0 Å². The first kappa shape index (κ1) is 11.7. The van der Waals surface area contributed by atoms with Crippen LogP contribution in [0.1, 0.15) is 0 Å². The van der Waals surface area contributed by atoms with Gasteiger partial charge in [-0.15, -0.1) is 6.58 Å². The third kappa shape index (κ3) is 2.65. The highest BCUT2D eigenvalue weighted by atomic mass is 16.5. The monoisotopic (exact) mass is 232 g/mol. The minimum Gasteiger partial charge on any atom is -0.490 e. The number of hydrogen-bond donors (Lipinski definition) is 1. The second kappa shape index (κ2) is 5.50. The standard InChI is InChI=1S/C13H16N2O2/c1-2-7-14-10-13(16)15-8-9-17-12-6-4-3-5-11(12)15/h2-6,14H,1,7-10H2. The number of carbonyl (C=O) groups excluding carboxylic acids is 1. The van der Waals surface area contributed by atoms with E-state index in [0.29, 0.717) is 26.2 Å². The third-order valence-electron chi connectivity index (χ3n) is 2.59. The summed E-state index contributed by atoms with van der Waals surface area (Å²) < 4.78 is 5.50. The van der Waals surface area contributed by atoms with Crippen LogP contribution in [-0.2, 0) is 4.79 Å². The van der Waals surface area contributed by atoms with Gasteiger partial charge in [0.05, 0.1) is 18.8 Å². The highest BCUT2D eigenvalue weighted by Gasteiger charge is 2.22. The number of carbonyl (C=O) groups is 1. The Morgan fingerprint density at radius 3 is 3.18 bits per heavy atom. The van der Waals surface area contributed by atoms with E-state index >= 15 is 0 Å². The van der Waals surface area contributed by atoms with E-state index in [2.05, 4.69) is 11.9 Å². The normalized spacial score (nSPS) is 13.8. The number of para-hydroxylation sites is 2. The van der Waals surface area contributed by atoms with E-state index in [1.54, 1.807) is 11.0 Å². The van der Waals surface area contributed by atoms with Crippen molar-refractivity contribution in [1.82, 2.24) is 5.32 Å². The lowest BCUT2D eigenvalue weighted by molar-refractivity contribution is -0.118. The van der Waals surface area contributed by atoms with E-state index in [4.69, 9.17) is 4.74 Å². The summed E-state index contributed by atoms with van der Waals surface area (Å²) in [6, 6.07) is 7.60. The smallest absolute Gasteiger partial charge is 0.241 e. The zero-order valence-electron chi connectivity index (χ0n) is 9.69. The van der Waals surface area contributed by atoms with E-state index in [-0.39, 0.29) is 5.91 Å². The van der Waals surface area contributed by atoms with Gasteiger partial charge in [-0.25, -0.2) is 0 Å². The maximum absolute atomic E-state index is 12.0. The minimum absolute atomic E-state index is 0.0580. The van der Waals surface area contributed by atoms with Crippen LogP contribution in [0.3, 0.4) is 0 Å². The number of rotatable bonds is 4. The van der Waals surface area contributed by atoms with E-state index in [9.17, 15) is 4.79 Å². The van der Waals surface area contributed by atoms with Crippen molar-refractivity contribution >= 4 is 11.6 Å². The summed E-state index contributed by atoms with van der Waals surface area (Å²) in [5.74, 6) is 0.832. The molecule has 1 amide bonds. The molecule has 1 aromatic rings. The predicted octanol–water partition coefficient (Wildman–Crippen LogP) is 1.19. The van der Waals surface area contributed by atoms with Crippen LogP contribution in [0.15, 0.2) is 36.9 Å². The lowest BCUT2D eigenvalue weighted by Gasteiger charge is -2.29. The van der Waals surface area contributed by atoms with Crippen LogP contribution in [-0.4, -0.2) is 32.1 Å². The Balaban J connectivity index is 2.07. The fourth-order valence-electron chi connectivity index (χ4n) is 1.81. The molecule has 0 saturated heterocycles. The first-order valence-electron chi connectivity index (χ1n) is 5.66. The van der Waals surface area contributed by atoms with Crippen molar-refractivity contribution in [3.8, 4) is 5.75 Å². The van der Waals surface area contributed by atoms with Crippen molar-refractivity contribution in [1.29, 1.82) is 0 Å². The molecule has 4 heteroatoms. The van der Waals surface area contributed by atoms with Gasteiger partial charge in [0, 0.05) is 6.54 Å². The molecule has 1 aliphatic heterocycles. The average molecular weight is 232 g/mol. The summed E-state index contributed by atoms with van der Waals surface area (Å²) in [6.07, 6.45) is 1.74. The average Bonchev–Trinajstić information content (AvgIpc) is 2.38. The second-order valence-electron chi connectivity index (χ2n) is 3.78. The van der Waals surface area contributed by atoms with Gasteiger partial charge in [-0.05, 0) is 12.1 Å². The molecule has 1 aliphatic rings. The molecule has 0 spiro atoms. The fraction of sp³-hybridized carbons (Fsp3) is 0.308. The molecule has 2 rings (SSSR count). The molecule has 0 saturated carbocycles. The van der Waals surface area contributed by atoms with Gasteiger partial charge in [-0.1, -0.05) is 18.2 Å². The summed E-state index contributed by atoms with van der Waals surface area (Å²) in [6.45, 7) is 5.70. The Morgan fingerprint density at radius 1 is 1.53 bits per heavy atom. The van der Waals surface area contributed by atoms with Crippen molar-refractivity contribution in [2.45, 2.75) is 0 Å². The minimum atomic E-state index is 0.0580. The quantitative estimate of drug-likeness (QED) is 0.626. The SMILES string of the molecule is C=CCNCC(=O)N1CCOc2ccccc21. The van der Waals surface area contributed by atoms with Crippen LogP contribution in [0.2, 0.25) is 0 Å². The zero-order chi connectivity index (χ0) is 12.1. The maximum atomic E-state index is 12.0. The highest BCUT2D eigenvalue weighted by Crippen LogP contribution is 2.30. The van der Waals surface area contributed by atoms with Crippen LogP contribution >= 0.6 is 0 Å². The van der Waals surface area contributed by atoms with Crippen molar-refractivity contribution < 1.29 is 9.53 Å². The molecule has 0 unspecified atom stereocenters. The number of ether oxygens (including phenoxy) is 1. The molecular weight excluding hydrogens is 216 g/mol. The third-order valence-corrected chi connectivity index (χ3v) is 2.59. The van der Waals surface area contributed by atoms with Gasteiger partial charge in [0.2, 0.25) is 5.91 Å². The van der Waals surface area contributed by atoms with E-state index < -0.39 is 0 Å². The number of fused-ring (bicyclic) bond motifs is 1. The number of benzene rings is 1. The summed E-state index contributed by atoms with van der Waals surface area (Å²) in [4.78, 5) is 13.8. The summed E-state index contributed by atoms with van der Waals surface area (Å²) >= 11 is 0. The molecule has 4 nitrogen and oxygen atoms in total. The van der Waals surface area contributed by atoms with Crippen LogP contribution in [0.4, 0.5) is 5.69 Å². The van der Waals surface area contributed by atoms with Gasteiger partial charge in [0.15, 0.2) is 0 Å². The van der Waals surface area contributed by atoms with E-state index in [0.717, 1.165) is 11.4 Å². The Labute approximate surface area is 101 Å². The maximum Gasteiger partial charge on any atom is 0.241 e. The molecule has 0 atom stereocenters. The molecule has 1 aromatic carbocycles. The number of nitrogens with zero attached hydrogens (tertiary/aromatic N) is 1. The molecule has 1 heterocycles. The first-order chi connectivity index (χ1) is 8.33. The highest BCUT2D eigenvalue weighted by molar-refractivity contribution is 5.96. The molecule has 1 N–H and O–H groups in total. The Kier molecular flexibility index (Phi) is 3.77. The predicted molar refractivity (Wildman–Crippen MR) is 67.4 cm³/mol. The van der Waals surface area contributed by atoms with Crippen molar-refractivity contribution in [2.24, 2.45) is 0 Å². The van der Waals surface area contributed by atoms with Gasteiger partial charge in [-0.3, -0.25) is 4.79 Å².